The first-order chi connectivity index (χ1) is 22.1. The van der Waals surface area contributed by atoms with E-state index in [1.165, 1.54) is 16.7 Å². The van der Waals surface area contributed by atoms with Crippen LogP contribution in [0.25, 0.3) is 22.8 Å². The Balaban J connectivity index is 1.11. The zero-order valence-corrected chi connectivity index (χ0v) is 25.6. The van der Waals surface area contributed by atoms with Crippen LogP contribution in [-0.2, 0) is 19.5 Å². The minimum Gasteiger partial charge on any atom is -0.382 e. The SMILES string of the molecule is CCn1nc(-c2nc(-c3cccc(C(=O)N[C@H]4CCc5ccccc54)c3)cnc2N)nc1C1CCCN(Cc2ccccc2)C1. The standard InChI is InChI=1S/C36H38N8O/c1-2-44-35(28-15-9-19-43(23-28)22-24-10-4-3-5-11-24)41-34(42-44)32-33(37)38-21-31(39-32)26-13-8-14-27(20-26)36(45)40-30-18-17-25-12-6-7-16-29(25)30/h3-8,10-14,16,20-21,28,30H,2,9,15,17-19,22-23H2,1H3,(H2,37,38)(H,40,45)/t28?,30-/m0/s1. The van der Waals surface area contributed by atoms with Crippen molar-refractivity contribution in [2.24, 2.45) is 0 Å². The van der Waals surface area contributed by atoms with Gasteiger partial charge in [-0.3, -0.25) is 9.69 Å². The van der Waals surface area contributed by atoms with Crippen LogP contribution in [0, 0.1) is 0 Å². The fourth-order valence-electron chi connectivity index (χ4n) is 6.71. The van der Waals surface area contributed by atoms with Crippen molar-refractivity contribution in [3.05, 3.63) is 113 Å². The Bertz CT molecular complexity index is 1820. The molecule has 1 aliphatic carbocycles. The molecule has 1 amide bonds. The van der Waals surface area contributed by atoms with Crippen molar-refractivity contribution in [2.75, 3.05) is 18.8 Å². The third-order valence-corrected chi connectivity index (χ3v) is 8.99. The van der Waals surface area contributed by atoms with Crippen molar-refractivity contribution in [2.45, 2.75) is 57.7 Å². The number of nitrogens with one attached hydrogen (secondary N) is 1. The van der Waals surface area contributed by atoms with E-state index in [4.69, 9.17) is 20.8 Å². The number of piperidine rings is 1. The number of fused-ring (bicyclic) bond motifs is 1. The van der Waals surface area contributed by atoms with Crippen LogP contribution >= 0.6 is 0 Å². The summed E-state index contributed by atoms with van der Waals surface area (Å²) >= 11 is 0. The number of carbonyl (C=O) groups excluding carboxylic acids is 1. The summed E-state index contributed by atoms with van der Waals surface area (Å²) in [5, 5.41) is 8.06. The predicted molar refractivity (Wildman–Crippen MR) is 175 cm³/mol. The molecule has 1 aliphatic heterocycles. The molecule has 0 saturated carbocycles. The van der Waals surface area contributed by atoms with E-state index in [0.717, 1.165) is 56.7 Å². The van der Waals surface area contributed by atoms with Gasteiger partial charge in [0.2, 0.25) is 5.82 Å². The summed E-state index contributed by atoms with van der Waals surface area (Å²) in [7, 11) is 0. The highest BCUT2D eigenvalue weighted by atomic mass is 16.1. The zero-order chi connectivity index (χ0) is 30.8. The maximum Gasteiger partial charge on any atom is 0.251 e. The lowest BCUT2D eigenvalue weighted by atomic mass is 9.96. The number of aromatic nitrogens is 5. The number of carbonyl (C=O) groups is 1. The van der Waals surface area contributed by atoms with Gasteiger partial charge in [-0.1, -0.05) is 66.7 Å². The van der Waals surface area contributed by atoms with Crippen LogP contribution < -0.4 is 11.1 Å². The number of hydrogen-bond acceptors (Lipinski definition) is 7. The van der Waals surface area contributed by atoms with Crippen molar-refractivity contribution in [1.29, 1.82) is 0 Å². The highest BCUT2D eigenvalue weighted by Gasteiger charge is 2.28. The van der Waals surface area contributed by atoms with E-state index in [-0.39, 0.29) is 23.7 Å². The second-order valence-corrected chi connectivity index (χ2v) is 12.0. The Morgan fingerprint density at radius 2 is 1.84 bits per heavy atom. The average molecular weight is 599 g/mol. The molecule has 3 N–H and O–H groups in total. The number of nitrogen functional groups attached to an aromatic ring is 1. The van der Waals surface area contributed by atoms with Gasteiger partial charge in [-0.05, 0) is 68.0 Å². The fraction of sp³-hybridized carbons (Fsp3) is 0.306. The van der Waals surface area contributed by atoms with Crippen LogP contribution in [0.3, 0.4) is 0 Å². The molecule has 2 aliphatic rings. The lowest BCUT2D eigenvalue weighted by molar-refractivity contribution is 0.0936. The molecule has 7 rings (SSSR count). The van der Waals surface area contributed by atoms with E-state index in [9.17, 15) is 4.79 Å². The number of anilines is 1. The first kappa shape index (κ1) is 28.9. The zero-order valence-electron chi connectivity index (χ0n) is 25.6. The topological polar surface area (TPSA) is 115 Å². The summed E-state index contributed by atoms with van der Waals surface area (Å²) in [6.45, 7) is 5.71. The summed E-state index contributed by atoms with van der Waals surface area (Å²) < 4.78 is 1.98. The molecule has 0 radical (unpaired) electrons. The van der Waals surface area contributed by atoms with E-state index in [2.05, 4.69) is 64.6 Å². The van der Waals surface area contributed by atoms with E-state index in [0.29, 0.717) is 29.3 Å². The first-order valence-electron chi connectivity index (χ1n) is 15.9. The van der Waals surface area contributed by atoms with Crippen molar-refractivity contribution >= 4 is 11.7 Å². The Hall–Kier alpha value is -4.89. The van der Waals surface area contributed by atoms with E-state index >= 15 is 0 Å². The lowest BCUT2D eigenvalue weighted by Gasteiger charge is -2.32. The number of likely N-dealkylation sites (tertiary alicyclic amines) is 1. The third kappa shape index (κ3) is 6.08. The van der Waals surface area contributed by atoms with Gasteiger partial charge in [0.05, 0.1) is 17.9 Å². The largest absolute Gasteiger partial charge is 0.382 e. The van der Waals surface area contributed by atoms with Crippen LogP contribution in [0.2, 0.25) is 0 Å². The molecule has 1 fully saturated rings. The van der Waals surface area contributed by atoms with Gasteiger partial charge >= 0.3 is 0 Å². The molecule has 0 bridgehead atoms. The minimum atomic E-state index is -0.107. The molecule has 3 heterocycles. The summed E-state index contributed by atoms with van der Waals surface area (Å²) in [5.74, 6) is 1.88. The van der Waals surface area contributed by atoms with Crippen molar-refractivity contribution in [1.82, 2.24) is 34.9 Å². The normalized spacial score (nSPS) is 18.1. The van der Waals surface area contributed by atoms with Crippen LogP contribution in [0.4, 0.5) is 5.82 Å². The molecule has 9 heteroatoms. The van der Waals surface area contributed by atoms with Gasteiger partial charge in [0.15, 0.2) is 11.5 Å². The fourth-order valence-corrected chi connectivity index (χ4v) is 6.71. The average Bonchev–Trinajstić information content (AvgIpc) is 3.70. The van der Waals surface area contributed by atoms with Crippen LogP contribution in [0.1, 0.15) is 71.0 Å². The summed E-state index contributed by atoms with van der Waals surface area (Å²) in [6.07, 6.45) is 5.69. The number of nitrogens with two attached hydrogens (primary N) is 1. The quantitative estimate of drug-likeness (QED) is 0.232. The number of benzene rings is 3. The van der Waals surface area contributed by atoms with Gasteiger partial charge < -0.3 is 11.1 Å². The monoisotopic (exact) mass is 598 g/mol. The van der Waals surface area contributed by atoms with Gasteiger partial charge in [0.25, 0.3) is 5.91 Å². The maximum absolute atomic E-state index is 13.3. The summed E-state index contributed by atoms with van der Waals surface area (Å²) in [4.78, 5) is 30.2. The molecule has 5 aromatic rings. The maximum atomic E-state index is 13.3. The van der Waals surface area contributed by atoms with E-state index in [1.807, 2.05) is 41.1 Å². The highest BCUT2D eigenvalue weighted by molar-refractivity contribution is 5.95. The molecular formula is C36H38N8O. The van der Waals surface area contributed by atoms with Crippen LogP contribution in [-0.4, -0.2) is 48.6 Å². The molecule has 0 spiro atoms. The van der Waals surface area contributed by atoms with Crippen molar-refractivity contribution in [3.8, 4) is 22.8 Å². The summed E-state index contributed by atoms with van der Waals surface area (Å²) in [6, 6.07) is 26.4. The molecule has 1 saturated heterocycles. The van der Waals surface area contributed by atoms with E-state index < -0.39 is 0 Å². The van der Waals surface area contributed by atoms with Crippen molar-refractivity contribution < 1.29 is 4.79 Å². The Morgan fingerprint density at radius 3 is 2.71 bits per heavy atom. The number of rotatable bonds is 8. The molecular weight excluding hydrogens is 560 g/mol. The van der Waals surface area contributed by atoms with Crippen LogP contribution in [0.15, 0.2) is 85.1 Å². The van der Waals surface area contributed by atoms with Gasteiger partial charge in [-0.2, -0.15) is 0 Å². The molecule has 2 aromatic heterocycles. The second kappa shape index (κ2) is 12.6. The van der Waals surface area contributed by atoms with Gasteiger partial charge in [0, 0.05) is 36.7 Å². The summed E-state index contributed by atoms with van der Waals surface area (Å²) in [5.41, 5.74) is 12.6. The number of hydrogen-bond donors (Lipinski definition) is 2. The van der Waals surface area contributed by atoms with Crippen molar-refractivity contribution in [3.63, 3.8) is 0 Å². The molecule has 228 valence electrons. The van der Waals surface area contributed by atoms with Gasteiger partial charge in [-0.25, -0.2) is 19.6 Å². The molecule has 2 atom stereocenters. The Labute approximate surface area is 263 Å². The molecule has 45 heavy (non-hydrogen) atoms. The molecule has 1 unspecified atom stereocenters. The second-order valence-electron chi connectivity index (χ2n) is 12.0. The lowest BCUT2D eigenvalue weighted by Crippen LogP contribution is -2.35. The van der Waals surface area contributed by atoms with Crippen LogP contribution in [0.5, 0.6) is 0 Å². The first-order valence-corrected chi connectivity index (χ1v) is 15.9. The predicted octanol–water partition coefficient (Wildman–Crippen LogP) is 5.80. The molecule has 3 aromatic carbocycles. The smallest absolute Gasteiger partial charge is 0.251 e. The number of nitrogens with zero attached hydrogens (tertiary/aromatic N) is 6. The third-order valence-electron chi connectivity index (χ3n) is 8.99. The van der Waals surface area contributed by atoms with Gasteiger partial charge in [0.1, 0.15) is 5.82 Å². The minimum absolute atomic E-state index is 0.0174. The van der Waals surface area contributed by atoms with Gasteiger partial charge in [-0.15, -0.1) is 5.10 Å². The number of aryl methyl sites for hydroxylation is 2. The molecule has 9 nitrogen and oxygen atoms in total. The van der Waals surface area contributed by atoms with E-state index in [1.54, 1.807) is 6.20 Å². The highest BCUT2D eigenvalue weighted by Crippen LogP contribution is 2.32. The Kier molecular flexibility index (Phi) is 8.09. The Morgan fingerprint density at radius 1 is 1.00 bits per heavy atom. The number of amides is 1.